The predicted octanol–water partition coefficient (Wildman–Crippen LogP) is 3.59. The van der Waals surface area contributed by atoms with Gasteiger partial charge in [0.25, 0.3) is 0 Å². The van der Waals surface area contributed by atoms with Crippen molar-refractivity contribution in [2.75, 3.05) is 24.5 Å². The van der Waals surface area contributed by atoms with Gasteiger partial charge in [-0.15, -0.1) is 0 Å². The highest BCUT2D eigenvalue weighted by Crippen LogP contribution is 2.31. The van der Waals surface area contributed by atoms with Gasteiger partial charge in [-0.1, -0.05) is 53.8 Å². The van der Waals surface area contributed by atoms with Crippen LogP contribution >= 0.6 is 11.3 Å². The minimum Gasteiger partial charge on any atom is -0.393 e. The van der Waals surface area contributed by atoms with E-state index in [9.17, 15) is 9.90 Å². The maximum atomic E-state index is 13.2. The van der Waals surface area contributed by atoms with Crippen LogP contribution in [0.1, 0.15) is 24.0 Å². The van der Waals surface area contributed by atoms with Crippen molar-refractivity contribution >= 4 is 32.6 Å². The molecule has 2 heterocycles. The van der Waals surface area contributed by atoms with E-state index in [2.05, 4.69) is 11.0 Å². The number of likely N-dealkylation sites (tertiary alicyclic amines) is 1. The molecule has 5 nitrogen and oxygen atoms in total. The van der Waals surface area contributed by atoms with Crippen LogP contribution in [0.4, 0.5) is 5.13 Å². The molecule has 3 aromatic rings. The molecule has 0 atom stereocenters. The third kappa shape index (κ3) is 4.24. The summed E-state index contributed by atoms with van der Waals surface area (Å²) in [6.45, 7) is 4.42. The number of benzene rings is 2. The molecule has 1 saturated heterocycles. The number of aliphatic hydroxyl groups excluding tert-OH is 1. The molecule has 1 aliphatic heterocycles. The minimum absolute atomic E-state index is 0.0527. The Labute approximate surface area is 169 Å². The highest BCUT2D eigenvalue weighted by molar-refractivity contribution is 7.22. The Morgan fingerprint density at radius 1 is 1.18 bits per heavy atom. The van der Waals surface area contributed by atoms with Crippen LogP contribution in [-0.4, -0.2) is 46.6 Å². The Morgan fingerprint density at radius 3 is 2.64 bits per heavy atom. The average molecular weight is 396 g/mol. The molecule has 2 aromatic carbocycles. The number of carbonyl (C=O) groups excluding carboxylic acids is 1. The first-order valence-electron chi connectivity index (χ1n) is 9.71. The number of rotatable bonds is 5. The van der Waals surface area contributed by atoms with Gasteiger partial charge >= 0.3 is 0 Å². The predicted molar refractivity (Wildman–Crippen MR) is 114 cm³/mol. The lowest BCUT2D eigenvalue weighted by molar-refractivity contribution is -0.120. The van der Waals surface area contributed by atoms with E-state index in [-0.39, 0.29) is 12.0 Å². The molecular weight excluding hydrogens is 370 g/mol. The van der Waals surface area contributed by atoms with Gasteiger partial charge in [-0.2, -0.15) is 0 Å². The average Bonchev–Trinajstić information content (AvgIpc) is 3.14. The van der Waals surface area contributed by atoms with Crippen LogP contribution in [0.15, 0.2) is 48.5 Å². The summed E-state index contributed by atoms with van der Waals surface area (Å²) in [6, 6.07) is 16.2. The molecule has 146 valence electrons. The van der Waals surface area contributed by atoms with Crippen LogP contribution in [0.25, 0.3) is 10.2 Å². The van der Waals surface area contributed by atoms with Crippen molar-refractivity contribution in [3.63, 3.8) is 0 Å². The van der Waals surface area contributed by atoms with E-state index in [0.717, 1.165) is 52.4 Å². The number of amides is 1. The molecule has 28 heavy (non-hydrogen) atoms. The van der Waals surface area contributed by atoms with E-state index < -0.39 is 0 Å². The van der Waals surface area contributed by atoms with Crippen molar-refractivity contribution in [3.8, 4) is 0 Å². The summed E-state index contributed by atoms with van der Waals surface area (Å²) in [5.41, 5.74) is 3.17. The normalized spacial score (nSPS) is 15.8. The van der Waals surface area contributed by atoms with Crippen LogP contribution in [0.5, 0.6) is 0 Å². The van der Waals surface area contributed by atoms with Crippen molar-refractivity contribution in [2.24, 2.45) is 0 Å². The van der Waals surface area contributed by atoms with Crippen molar-refractivity contribution < 1.29 is 9.90 Å². The minimum atomic E-state index is -0.237. The lowest BCUT2D eigenvalue weighted by atomic mass is 10.1. The molecule has 4 rings (SSSR count). The Bertz CT molecular complexity index is 949. The summed E-state index contributed by atoms with van der Waals surface area (Å²) >= 11 is 1.57. The summed E-state index contributed by atoms with van der Waals surface area (Å²) < 4.78 is 1.10. The molecule has 0 bridgehead atoms. The third-order valence-corrected chi connectivity index (χ3v) is 6.28. The fourth-order valence-corrected chi connectivity index (χ4v) is 4.63. The number of hydrogen-bond donors (Lipinski definition) is 1. The smallest absolute Gasteiger partial charge is 0.243 e. The molecule has 0 unspecified atom stereocenters. The summed E-state index contributed by atoms with van der Waals surface area (Å²) in [7, 11) is 0. The molecule has 0 radical (unpaired) electrons. The number of hydrogen-bond acceptors (Lipinski definition) is 5. The Balaban J connectivity index is 1.61. The molecular formula is C22H25N3O2S. The topological polar surface area (TPSA) is 56.7 Å². The maximum absolute atomic E-state index is 13.2. The fraction of sp³-hybridized carbons (Fsp3) is 0.364. The Kier molecular flexibility index (Phi) is 5.71. The molecule has 6 heteroatoms. The Morgan fingerprint density at radius 2 is 1.93 bits per heavy atom. The van der Waals surface area contributed by atoms with Crippen LogP contribution in [-0.2, 0) is 11.3 Å². The highest BCUT2D eigenvalue weighted by atomic mass is 32.1. The van der Waals surface area contributed by atoms with Crippen LogP contribution < -0.4 is 4.90 Å². The van der Waals surface area contributed by atoms with Crippen LogP contribution in [0, 0.1) is 6.92 Å². The number of carbonyl (C=O) groups is 1. The zero-order chi connectivity index (χ0) is 19.5. The van der Waals surface area contributed by atoms with E-state index in [4.69, 9.17) is 4.98 Å². The number of fused-ring (bicyclic) bond motifs is 1. The molecule has 0 spiro atoms. The largest absolute Gasteiger partial charge is 0.393 e. The third-order valence-electron chi connectivity index (χ3n) is 5.24. The first kappa shape index (κ1) is 19.1. The lowest BCUT2D eigenvalue weighted by Gasteiger charge is -2.30. The number of piperidine rings is 1. The van der Waals surface area contributed by atoms with Crippen LogP contribution in [0.3, 0.4) is 0 Å². The zero-order valence-electron chi connectivity index (χ0n) is 16.0. The summed E-state index contributed by atoms with van der Waals surface area (Å²) in [5, 5.41) is 10.5. The lowest BCUT2D eigenvalue weighted by Crippen LogP contribution is -2.44. The van der Waals surface area contributed by atoms with E-state index in [0.29, 0.717) is 13.1 Å². The van der Waals surface area contributed by atoms with Gasteiger partial charge in [-0.05, 0) is 37.0 Å². The van der Waals surface area contributed by atoms with Crippen molar-refractivity contribution in [2.45, 2.75) is 32.4 Å². The summed E-state index contributed by atoms with van der Waals surface area (Å²) in [6.07, 6.45) is 1.22. The van der Waals surface area contributed by atoms with Crippen molar-refractivity contribution in [1.29, 1.82) is 0 Å². The van der Waals surface area contributed by atoms with Gasteiger partial charge in [0.05, 0.1) is 29.4 Å². The number of thiazole rings is 1. The van der Waals surface area contributed by atoms with E-state index in [1.807, 2.05) is 54.3 Å². The van der Waals surface area contributed by atoms with Gasteiger partial charge in [0.1, 0.15) is 0 Å². The number of aliphatic hydroxyl groups is 1. The number of aryl methyl sites for hydroxylation is 1. The second-order valence-electron chi connectivity index (χ2n) is 7.39. The standard InChI is InChI=1S/C22H25N3O2S/c1-16-6-5-9-19-21(16)23-22(28-19)25(14-17-7-3-2-4-8-17)20(27)15-24-12-10-18(26)11-13-24/h2-9,18,26H,10-15H2,1H3. The molecule has 0 saturated carbocycles. The van der Waals surface area contributed by atoms with Gasteiger partial charge in [-0.3, -0.25) is 14.6 Å². The number of nitrogens with zero attached hydrogens (tertiary/aromatic N) is 3. The number of para-hydroxylation sites is 1. The highest BCUT2D eigenvalue weighted by Gasteiger charge is 2.25. The molecule has 1 fully saturated rings. The maximum Gasteiger partial charge on any atom is 0.243 e. The van der Waals surface area contributed by atoms with Crippen molar-refractivity contribution in [1.82, 2.24) is 9.88 Å². The van der Waals surface area contributed by atoms with Gasteiger partial charge in [0.2, 0.25) is 5.91 Å². The first-order valence-corrected chi connectivity index (χ1v) is 10.5. The molecule has 1 N–H and O–H groups in total. The van der Waals surface area contributed by atoms with E-state index in [1.165, 1.54) is 0 Å². The van der Waals surface area contributed by atoms with Gasteiger partial charge in [-0.25, -0.2) is 4.98 Å². The fourth-order valence-electron chi connectivity index (χ4n) is 3.57. The van der Waals surface area contributed by atoms with Gasteiger partial charge in [0, 0.05) is 13.1 Å². The quantitative estimate of drug-likeness (QED) is 0.717. The van der Waals surface area contributed by atoms with Gasteiger partial charge < -0.3 is 5.11 Å². The van der Waals surface area contributed by atoms with E-state index in [1.54, 1.807) is 11.3 Å². The van der Waals surface area contributed by atoms with E-state index >= 15 is 0 Å². The number of aromatic nitrogens is 1. The molecule has 1 aliphatic rings. The monoisotopic (exact) mass is 395 g/mol. The molecule has 1 amide bonds. The zero-order valence-corrected chi connectivity index (χ0v) is 16.9. The van der Waals surface area contributed by atoms with Crippen LogP contribution in [0.2, 0.25) is 0 Å². The molecule has 0 aliphatic carbocycles. The van der Waals surface area contributed by atoms with Crippen molar-refractivity contribution in [3.05, 3.63) is 59.7 Å². The summed E-state index contributed by atoms with van der Waals surface area (Å²) in [4.78, 5) is 22.0. The second kappa shape index (κ2) is 8.39. The second-order valence-corrected chi connectivity index (χ2v) is 8.40. The number of anilines is 1. The summed E-state index contributed by atoms with van der Waals surface area (Å²) in [5.74, 6) is 0.0527. The molecule has 1 aromatic heterocycles. The Hall–Kier alpha value is -2.28. The SMILES string of the molecule is Cc1cccc2sc(N(Cc3ccccc3)C(=O)CN3CCC(O)CC3)nc12. The first-order chi connectivity index (χ1) is 13.6. The van der Waals surface area contributed by atoms with Gasteiger partial charge in [0.15, 0.2) is 5.13 Å².